The van der Waals surface area contributed by atoms with Crippen molar-refractivity contribution in [3.8, 4) is 0 Å². The minimum atomic E-state index is -1.50. The Morgan fingerprint density at radius 3 is 2.46 bits per heavy atom. The normalized spacial score (nSPS) is 28.4. The van der Waals surface area contributed by atoms with Gasteiger partial charge in [0.25, 0.3) is 0 Å². The fourth-order valence-electron chi connectivity index (χ4n) is 3.49. The lowest BCUT2D eigenvalue weighted by atomic mass is 9.82. The molecule has 0 amide bonds. The average Bonchev–Trinajstić information content (AvgIpc) is 2.57. The number of nitrogens with one attached hydrogen (secondary N) is 1. The van der Waals surface area contributed by atoms with Gasteiger partial charge in [-0.15, -0.1) is 0 Å². The summed E-state index contributed by atoms with van der Waals surface area (Å²) < 4.78 is 0. The number of nitrogens with zero attached hydrogens (tertiary/aromatic N) is 3. The van der Waals surface area contributed by atoms with Crippen LogP contribution in [0.5, 0.6) is 0 Å². The number of piperazine rings is 1. The van der Waals surface area contributed by atoms with Crippen LogP contribution < -0.4 is 5.43 Å². The summed E-state index contributed by atoms with van der Waals surface area (Å²) in [4.78, 5) is 40.4. The predicted molar refractivity (Wildman–Crippen MR) is 85.7 cm³/mol. The molecule has 8 heteroatoms. The Morgan fingerprint density at radius 1 is 1.21 bits per heavy atom. The van der Waals surface area contributed by atoms with Gasteiger partial charge in [0.1, 0.15) is 0 Å². The minimum absolute atomic E-state index is 0.419. The SMILES string of the molecule is CNN1C2=CC(N3CCN(C)CC3)=CCC2C(=O)C(=O)C1C(=O)O. The molecule has 2 aliphatic heterocycles. The summed E-state index contributed by atoms with van der Waals surface area (Å²) in [6, 6.07) is -1.50. The largest absolute Gasteiger partial charge is 0.479 e. The molecule has 2 heterocycles. The fourth-order valence-corrected chi connectivity index (χ4v) is 3.49. The zero-order valence-electron chi connectivity index (χ0n) is 13.9. The molecular weight excluding hydrogens is 312 g/mol. The number of carboxylic acid groups (broad SMARTS) is 1. The molecule has 0 bridgehead atoms. The van der Waals surface area contributed by atoms with Gasteiger partial charge in [-0.3, -0.25) is 14.6 Å². The van der Waals surface area contributed by atoms with Gasteiger partial charge in [-0.05, 0) is 19.5 Å². The molecule has 1 aliphatic carbocycles. The van der Waals surface area contributed by atoms with E-state index in [0.29, 0.717) is 12.1 Å². The van der Waals surface area contributed by atoms with Gasteiger partial charge in [-0.25, -0.2) is 10.2 Å². The van der Waals surface area contributed by atoms with E-state index in [2.05, 4.69) is 22.3 Å². The van der Waals surface area contributed by atoms with Crippen molar-refractivity contribution in [3.05, 3.63) is 23.5 Å². The number of rotatable bonds is 3. The third-order valence-corrected chi connectivity index (χ3v) is 4.90. The second-order valence-electron chi connectivity index (χ2n) is 6.34. The van der Waals surface area contributed by atoms with Crippen LogP contribution >= 0.6 is 0 Å². The molecule has 3 aliphatic rings. The highest BCUT2D eigenvalue weighted by Crippen LogP contribution is 2.34. The molecule has 2 fully saturated rings. The molecule has 0 saturated carbocycles. The molecule has 2 atom stereocenters. The molecule has 0 aromatic carbocycles. The van der Waals surface area contributed by atoms with Crippen molar-refractivity contribution in [2.24, 2.45) is 5.92 Å². The number of aliphatic carboxylic acids is 1. The van der Waals surface area contributed by atoms with Crippen molar-refractivity contribution in [2.45, 2.75) is 12.5 Å². The van der Waals surface area contributed by atoms with Crippen molar-refractivity contribution in [1.82, 2.24) is 20.2 Å². The highest BCUT2D eigenvalue weighted by molar-refractivity contribution is 6.44. The highest BCUT2D eigenvalue weighted by atomic mass is 16.4. The molecule has 3 rings (SSSR count). The highest BCUT2D eigenvalue weighted by Gasteiger charge is 2.48. The summed E-state index contributed by atoms with van der Waals surface area (Å²) in [7, 11) is 3.64. The van der Waals surface area contributed by atoms with Crippen LogP contribution in [-0.4, -0.2) is 83.8 Å². The number of hydrogen-bond acceptors (Lipinski definition) is 7. The Labute approximate surface area is 140 Å². The van der Waals surface area contributed by atoms with Gasteiger partial charge in [-0.2, -0.15) is 0 Å². The number of ketones is 2. The number of allylic oxidation sites excluding steroid dienone is 3. The first-order chi connectivity index (χ1) is 11.4. The lowest BCUT2D eigenvalue weighted by Crippen LogP contribution is -2.60. The lowest BCUT2D eigenvalue weighted by Gasteiger charge is -2.42. The van der Waals surface area contributed by atoms with Gasteiger partial charge in [0.05, 0.1) is 5.92 Å². The second kappa shape index (κ2) is 6.37. The molecule has 130 valence electrons. The van der Waals surface area contributed by atoms with Crippen molar-refractivity contribution < 1.29 is 19.5 Å². The first kappa shape index (κ1) is 16.7. The maximum Gasteiger partial charge on any atom is 0.336 e. The Morgan fingerprint density at radius 2 is 1.88 bits per heavy atom. The zero-order chi connectivity index (χ0) is 17.4. The Bertz CT molecular complexity index is 634. The Hall–Kier alpha value is -2.19. The van der Waals surface area contributed by atoms with Gasteiger partial charge >= 0.3 is 5.97 Å². The number of hydrazine groups is 1. The maximum atomic E-state index is 12.3. The van der Waals surface area contributed by atoms with Crippen molar-refractivity contribution >= 4 is 17.5 Å². The quantitative estimate of drug-likeness (QED) is 0.505. The van der Waals surface area contributed by atoms with E-state index in [0.717, 1.165) is 31.9 Å². The molecule has 0 spiro atoms. The summed E-state index contributed by atoms with van der Waals surface area (Å²) in [6.45, 7) is 3.67. The van der Waals surface area contributed by atoms with Gasteiger partial charge < -0.3 is 14.9 Å². The van der Waals surface area contributed by atoms with E-state index in [-0.39, 0.29) is 0 Å². The fraction of sp³-hybridized carbons (Fsp3) is 0.562. The maximum absolute atomic E-state index is 12.3. The van der Waals surface area contributed by atoms with Crippen LogP contribution in [-0.2, 0) is 14.4 Å². The van der Waals surface area contributed by atoms with Crippen LogP contribution in [0.15, 0.2) is 23.5 Å². The van der Waals surface area contributed by atoms with Crippen molar-refractivity contribution in [1.29, 1.82) is 0 Å². The van der Waals surface area contributed by atoms with Crippen molar-refractivity contribution in [2.75, 3.05) is 40.3 Å². The Balaban J connectivity index is 1.91. The molecule has 0 radical (unpaired) electrons. The summed E-state index contributed by atoms with van der Waals surface area (Å²) >= 11 is 0. The van der Waals surface area contributed by atoms with Gasteiger partial charge in [0.15, 0.2) is 0 Å². The number of hydrogen-bond donors (Lipinski definition) is 2. The summed E-state index contributed by atoms with van der Waals surface area (Å²) in [5.41, 5.74) is 4.32. The number of carboxylic acids is 1. The monoisotopic (exact) mass is 334 g/mol. The number of fused-ring (bicyclic) bond motifs is 1. The topological polar surface area (TPSA) is 93.2 Å². The smallest absolute Gasteiger partial charge is 0.336 e. The molecule has 0 aromatic heterocycles. The van der Waals surface area contributed by atoms with E-state index in [1.165, 1.54) is 5.01 Å². The van der Waals surface area contributed by atoms with E-state index in [1.807, 2.05) is 12.2 Å². The molecule has 24 heavy (non-hydrogen) atoms. The third kappa shape index (κ3) is 2.71. The standard InChI is InChI=1S/C16H22N4O4/c1-17-20-12-9-10(19-7-5-18(2)6-8-19)3-4-11(12)14(21)15(22)13(20)16(23)24/h3,9,11,13,17H,4-8H2,1-2H3,(H,23,24). The second-order valence-corrected chi connectivity index (χ2v) is 6.34. The van der Waals surface area contributed by atoms with Crippen molar-refractivity contribution in [3.63, 3.8) is 0 Å². The number of piperidine rings is 1. The number of carbonyl (C=O) groups is 3. The molecule has 2 N–H and O–H groups in total. The zero-order valence-corrected chi connectivity index (χ0v) is 13.9. The lowest BCUT2D eigenvalue weighted by molar-refractivity contribution is -0.156. The van der Waals surface area contributed by atoms with Crippen LogP contribution in [0.2, 0.25) is 0 Å². The molecule has 2 saturated heterocycles. The molecular formula is C16H22N4O4. The van der Waals surface area contributed by atoms with E-state index < -0.39 is 29.5 Å². The van der Waals surface area contributed by atoms with E-state index in [9.17, 15) is 19.5 Å². The van der Waals surface area contributed by atoms with Crippen LogP contribution in [0.3, 0.4) is 0 Å². The number of likely N-dealkylation sites (N-methyl/N-ethyl adjacent to an activating group) is 1. The molecule has 8 nitrogen and oxygen atoms in total. The molecule has 0 aromatic rings. The Kier molecular flexibility index (Phi) is 4.42. The predicted octanol–water partition coefficient (Wildman–Crippen LogP) is -0.937. The van der Waals surface area contributed by atoms with Gasteiger partial charge in [0.2, 0.25) is 17.6 Å². The van der Waals surface area contributed by atoms with Gasteiger partial charge in [0, 0.05) is 44.6 Å². The summed E-state index contributed by atoms with van der Waals surface area (Å²) in [5.74, 6) is -3.40. The van der Waals surface area contributed by atoms with Crippen LogP contribution in [0.1, 0.15) is 6.42 Å². The van der Waals surface area contributed by atoms with Gasteiger partial charge in [-0.1, -0.05) is 6.08 Å². The summed E-state index contributed by atoms with van der Waals surface area (Å²) in [5, 5.41) is 10.7. The molecule has 2 unspecified atom stereocenters. The number of Topliss-reactive ketones (excluding diaryl/α,β-unsaturated/α-hetero) is 2. The van der Waals surface area contributed by atoms with E-state index in [4.69, 9.17) is 0 Å². The average molecular weight is 334 g/mol. The number of carbonyl (C=O) groups excluding carboxylic acids is 2. The minimum Gasteiger partial charge on any atom is -0.479 e. The van der Waals surface area contributed by atoms with Crippen LogP contribution in [0.25, 0.3) is 0 Å². The van der Waals surface area contributed by atoms with E-state index in [1.54, 1.807) is 7.05 Å². The first-order valence-corrected chi connectivity index (χ1v) is 8.06. The van der Waals surface area contributed by atoms with Crippen LogP contribution in [0, 0.1) is 5.92 Å². The van der Waals surface area contributed by atoms with E-state index >= 15 is 0 Å². The third-order valence-electron chi connectivity index (χ3n) is 4.90. The summed E-state index contributed by atoms with van der Waals surface area (Å²) in [6.07, 6.45) is 4.23. The van der Waals surface area contributed by atoms with Crippen LogP contribution in [0.4, 0.5) is 0 Å². The first-order valence-electron chi connectivity index (χ1n) is 8.06.